The minimum Gasteiger partial charge on any atom is -0.463 e. The van der Waals surface area contributed by atoms with Gasteiger partial charge in [0.15, 0.2) is 5.76 Å². The Bertz CT molecular complexity index is 643. The lowest BCUT2D eigenvalue weighted by molar-refractivity contribution is 0.0563. The van der Waals surface area contributed by atoms with Crippen LogP contribution in [0, 0.1) is 10.5 Å². The molecule has 0 fully saturated rings. The number of rotatable bonds is 3. The Morgan fingerprint density at radius 1 is 1.16 bits per heavy atom. The van der Waals surface area contributed by atoms with Crippen molar-refractivity contribution in [3.05, 3.63) is 56.5 Å². The van der Waals surface area contributed by atoms with Crippen molar-refractivity contribution in [1.29, 1.82) is 0 Å². The van der Waals surface area contributed by atoms with Gasteiger partial charge in [-0.25, -0.2) is 4.79 Å². The first-order valence-electron chi connectivity index (χ1n) is 5.52. The summed E-state index contributed by atoms with van der Waals surface area (Å²) in [7, 11) is 1.26. The van der Waals surface area contributed by atoms with Gasteiger partial charge in [0.05, 0.1) is 7.11 Å². The van der Waals surface area contributed by atoms with Crippen LogP contribution in [0.25, 0.3) is 0 Å². The van der Waals surface area contributed by atoms with Gasteiger partial charge in [0.1, 0.15) is 0 Å². The van der Waals surface area contributed by atoms with Crippen molar-refractivity contribution >= 4 is 34.3 Å². The van der Waals surface area contributed by atoms with Gasteiger partial charge in [0, 0.05) is 9.13 Å². The van der Waals surface area contributed by atoms with Gasteiger partial charge in [-0.05, 0) is 53.3 Å². The lowest BCUT2D eigenvalue weighted by Gasteiger charge is -2.04. The minimum absolute atomic E-state index is 0.0218. The highest BCUT2D eigenvalue weighted by molar-refractivity contribution is 14.1. The fourth-order valence-corrected chi connectivity index (χ4v) is 2.23. The van der Waals surface area contributed by atoms with E-state index in [4.69, 9.17) is 4.42 Å². The molecule has 0 amide bonds. The Labute approximate surface area is 123 Å². The smallest absolute Gasteiger partial charge is 0.373 e. The largest absolute Gasteiger partial charge is 0.463 e. The molecule has 0 atom stereocenters. The molecular weight excluding hydrogens is 359 g/mol. The van der Waals surface area contributed by atoms with Crippen molar-refractivity contribution in [2.45, 2.75) is 6.92 Å². The second-order valence-corrected chi connectivity index (χ2v) is 5.00. The van der Waals surface area contributed by atoms with Crippen molar-refractivity contribution in [3.8, 4) is 0 Å². The Hall–Kier alpha value is -1.63. The molecular formula is C14H11IO4. The predicted octanol–water partition coefficient (Wildman–Crippen LogP) is 3.21. The zero-order valence-electron chi connectivity index (χ0n) is 10.4. The van der Waals surface area contributed by atoms with Crippen molar-refractivity contribution < 1.29 is 18.7 Å². The van der Waals surface area contributed by atoms with E-state index in [1.165, 1.54) is 19.2 Å². The average Bonchev–Trinajstić information content (AvgIpc) is 2.90. The lowest BCUT2D eigenvalue weighted by Crippen LogP contribution is -2.04. The average molecular weight is 370 g/mol. The number of ether oxygens (including phenoxy) is 1. The summed E-state index contributed by atoms with van der Waals surface area (Å²) in [5.41, 5.74) is 1.58. The van der Waals surface area contributed by atoms with Crippen molar-refractivity contribution in [1.82, 2.24) is 0 Å². The van der Waals surface area contributed by atoms with E-state index < -0.39 is 5.97 Å². The third-order valence-corrected chi connectivity index (χ3v) is 4.08. The minimum atomic E-state index is -0.599. The highest BCUT2D eigenvalue weighted by Gasteiger charge is 2.19. The number of halogens is 1. The number of esters is 1. The molecule has 0 aliphatic carbocycles. The molecule has 4 nitrogen and oxygen atoms in total. The summed E-state index contributed by atoms with van der Waals surface area (Å²) < 4.78 is 10.6. The van der Waals surface area contributed by atoms with E-state index in [1.807, 2.05) is 19.1 Å². The molecule has 0 bridgehead atoms. The molecule has 0 saturated heterocycles. The van der Waals surface area contributed by atoms with Crippen LogP contribution < -0.4 is 0 Å². The molecule has 0 saturated carbocycles. The number of carbonyl (C=O) groups excluding carboxylic acids is 2. The van der Waals surface area contributed by atoms with E-state index in [9.17, 15) is 9.59 Å². The van der Waals surface area contributed by atoms with Crippen LogP contribution >= 0.6 is 22.6 Å². The van der Waals surface area contributed by atoms with Crippen molar-refractivity contribution in [3.63, 3.8) is 0 Å². The van der Waals surface area contributed by atoms with Crippen LogP contribution in [0.4, 0.5) is 0 Å². The number of methoxy groups -OCH3 is 1. The van der Waals surface area contributed by atoms with Gasteiger partial charge >= 0.3 is 5.97 Å². The van der Waals surface area contributed by atoms with Gasteiger partial charge in [-0.3, -0.25) is 4.79 Å². The monoisotopic (exact) mass is 370 g/mol. The molecule has 0 spiro atoms. The zero-order valence-corrected chi connectivity index (χ0v) is 12.6. The zero-order chi connectivity index (χ0) is 14.0. The first-order chi connectivity index (χ1) is 9.04. The van der Waals surface area contributed by atoms with E-state index in [0.29, 0.717) is 5.56 Å². The van der Waals surface area contributed by atoms with E-state index in [2.05, 4.69) is 27.3 Å². The molecule has 1 aromatic heterocycles. The molecule has 1 aromatic carbocycles. The maximum atomic E-state index is 12.3. The Morgan fingerprint density at radius 3 is 2.53 bits per heavy atom. The van der Waals surface area contributed by atoms with Crippen LogP contribution in [0.3, 0.4) is 0 Å². The normalized spacial score (nSPS) is 10.3. The summed E-state index contributed by atoms with van der Waals surface area (Å²) in [4.78, 5) is 23.6. The van der Waals surface area contributed by atoms with E-state index in [0.717, 1.165) is 9.13 Å². The maximum Gasteiger partial charge on any atom is 0.373 e. The number of furan rings is 1. The second-order valence-electron chi connectivity index (χ2n) is 3.92. The van der Waals surface area contributed by atoms with Crippen LogP contribution in [-0.4, -0.2) is 18.9 Å². The van der Waals surface area contributed by atoms with Crippen LogP contribution in [0.5, 0.6) is 0 Å². The van der Waals surface area contributed by atoms with Gasteiger partial charge in [0.25, 0.3) is 0 Å². The van der Waals surface area contributed by atoms with Gasteiger partial charge < -0.3 is 9.15 Å². The third-order valence-electron chi connectivity index (χ3n) is 2.65. The van der Waals surface area contributed by atoms with Gasteiger partial charge in [-0.15, -0.1) is 0 Å². The maximum absolute atomic E-state index is 12.3. The molecule has 19 heavy (non-hydrogen) atoms. The predicted molar refractivity (Wildman–Crippen MR) is 77.4 cm³/mol. The van der Waals surface area contributed by atoms with E-state index in [1.54, 1.807) is 6.07 Å². The summed E-state index contributed by atoms with van der Waals surface area (Å²) >= 11 is 2.12. The van der Waals surface area contributed by atoms with Gasteiger partial charge in [-0.2, -0.15) is 0 Å². The van der Waals surface area contributed by atoms with Crippen LogP contribution in [0.15, 0.2) is 34.7 Å². The molecule has 2 rings (SSSR count). The highest BCUT2D eigenvalue weighted by atomic mass is 127. The number of hydrogen-bond donors (Lipinski definition) is 0. The number of benzene rings is 1. The first-order valence-corrected chi connectivity index (χ1v) is 6.60. The number of carbonyl (C=O) groups is 2. The number of aryl methyl sites for hydroxylation is 1. The van der Waals surface area contributed by atoms with E-state index in [-0.39, 0.29) is 17.3 Å². The molecule has 5 heteroatoms. The summed E-state index contributed by atoms with van der Waals surface area (Å²) in [5.74, 6) is -0.696. The topological polar surface area (TPSA) is 56.5 Å². The van der Waals surface area contributed by atoms with Gasteiger partial charge in [-0.1, -0.05) is 12.1 Å². The van der Waals surface area contributed by atoms with E-state index >= 15 is 0 Å². The summed E-state index contributed by atoms with van der Waals surface area (Å²) in [6.45, 7) is 1.93. The Kier molecular flexibility index (Phi) is 4.04. The second kappa shape index (κ2) is 5.56. The summed E-state index contributed by atoms with van der Waals surface area (Å²) in [6, 6.07) is 8.39. The molecule has 1 heterocycles. The molecule has 0 N–H and O–H groups in total. The summed E-state index contributed by atoms with van der Waals surface area (Å²) in [5, 5.41) is 0. The van der Waals surface area contributed by atoms with Gasteiger partial charge in [0.2, 0.25) is 11.5 Å². The quantitative estimate of drug-likeness (QED) is 0.473. The third kappa shape index (κ3) is 2.70. The molecule has 0 aliphatic rings. The standard InChI is InChI=1S/C14H11IO4/c1-8-4-3-5-9(12(8)15)13(16)10-6-7-11(19-10)14(17)18-2/h3-7H,1-2H3. The van der Waals surface area contributed by atoms with Crippen molar-refractivity contribution in [2.75, 3.05) is 7.11 Å². The Balaban J connectivity index is 2.37. The molecule has 0 unspecified atom stereocenters. The molecule has 2 aromatic rings. The van der Waals surface area contributed by atoms with Crippen LogP contribution in [0.1, 0.15) is 32.2 Å². The fraction of sp³-hybridized carbons (Fsp3) is 0.143. The molecule has 0 radical (unpaired) electrons. The number of hydrogen-bond acceptors (Lipinski definition) is 4. The summed E-state index contributed by atoms with van der Waals surface area (Å²) in [6.07, 6.45) is 0. The SMILES string of the molecule is COC(=O)c1ccc(C(=O)c2cccc(C)c2I)o1. The van der Waals surface area contributed by atoms with Crippen LogP contribution in [-0.2, 0) is 4.74 Å². The Morgan fingerprint density at radius 2 is 1.84 bits per heavy atom. The highest BCUT2D eigenvalue weighted by Crippen LogP contribution is 2.21. The van der Waals surface area contributed by atoms with Crippen LogP contribution in [0.2, 0.25) is 0 Å². The fourth-order valence-electron chi connectivity index (χ4n) is 1.63. The lowest BCUT2D eigenvalue weighted by atomic mass is 10.1. The number of ketones is 1. The molecule has 98 valence electrons. The van der Waals surface area contributed by atoms with Crippen molar-refractivity contribution in [2.24, 2.45) is 0 Å². The molecule has 0 aliphatic heterocycles. The first kappa shape index (κ1) is 13.8.